The summed E-state index contributed by atoms with van der Waals surface area (Å²) in [6.07, 6.45) is 1.65. The van der Waals surface area contributed by atoms with E-state index in [-0.39, 0.29) is 25.7 Å². The highest BCUT2D eigenvalue weighted by atomic mass is 16.4. The van der Waals surface area contributed by atoms with Crippen LogP contribution in [-0.2, 0) is 41.6 Å². The molecule has 0 radical (unpaired) electrons. The first-order valence-corrected chi connectivity index (χ1v) is 14.9. The smallest absolute Gasteiger partial charge is 0.326 e. The first-order valence-electron chi connectivity index (χ1n) is 14.9. The van der Waals surface area contributed by atoms with E-state index in [0.717, 1.165) is 21.8 Å². The number of para-hydroxylation sites is 2. The second-order valence-electron chi connectivity index (χ2n) is 11.1. The number of aromatic nitrogens is 2. The Balaban J connectivity index is 1.58. The fraction of sp³-hybridized carbons (Fsp3) is 0.312. The van der Waals surface area contributed by atoms with Gasteiger partial charge in [-0.25, -0.2) is 4.79 Å². The van der Waals surface area contributed by atoms with Gasteiger partial charge < -0.3 is 47.0 Å². The van der Waals surface area contributed by atoms with Crippen molar-refractivity contribution in [2.75, 3.05) is 0 Å². The summed E-state index contributed by atoms with van der Waals surface area (Å²) in [4.78, 5) is 80.7. The molecule has 3 amide bonds. The molecule has 4 unspecified atom stereocenters. The van der Waals surface area contributed by atoms with Gasteiger partial charge in [0, 0.05) is 59.9 Å². The molecule has 15 nitrogen and oxygen atoms in total. The van der Waals surface area contributed by atoms with Gasteiger partial charge in [-0.3, -0.25) is 24.0 Å². The number of carbonyl (C=O) groups excluding carboxylic acids is 3. The van der Waals surface area contributed by atoms with Crippen molar-refractivity contribution >= 4 is 57.4 Å². The predicted molar refractivity (Wildman–Crippen MR) is 169 cm³/mol. The van der Waals surface area contributed by atoms with Crippen LogP contribution in [0.15, 0.2) is 60.9 Å². The second-order valence-corrected chi connectivity index (χ2v) is 11.1. The van der Waals surface area contributed by atoms with Gasteiger partial charge in [-0.05, 0) is 36.1 Å². The van der Waals surface area contributed by atoms with Crippen molar-refractivity contribution in [2.24, 2.45) is 5.73 Å². The quantitative estimate of drug-likeness (QED) is 0.0785. The number of nitrogens with one attached hydrogen (secondary N) is 5. The molecule has 0 spiro atoms. The van der Waals surface area contributed by atoms with Crippen LogP contribution in [0.4, 0.5) is 0 Å². The maximum Gasteiger partial charge on any atom is 0.326 e. The zero-order chi connectivity index (χ0) is 34.1. The summed E-state index contributed by atoms with van der Waals surface area (Å²) >= 11 is 0. The summed E-state index contributed by atoms with van der Waals surface area (Å²) in [6.45, 7) is 0. The van der Waals surface area contributed by atoms with Crippen LogP contribution in [0.5, 0.6) is 0 Å². The van der Waals surface area contributed by atoms with Crippen molar-refractivity contribution < 1.29 is 44.1 Å². The van der Waals surface area contributed by atoms with Crippen LogP contribution in [-0.4, -0.2) is 85.1 Å². The Labute approximate surface area is 267 Å². The molecule has 10 N–H and O–H groups in total. The van der Waals surface area contributed by atoms with E-state index in [4.69, 9.17) is 10.8 Å². The molecule has 0 saturated heterocycles. The van der Waals surface area contributed by atoms with Gasteiger partial charge in [-0.2, -0.15) is 0 Å². The van der Waals surface area contributed by atoms with E-state index in [0.29, 0.717) is 11.1 Å². The molecule has 2 aromatic carbocycles. The van der Waals surface area contributed by atoms with E-state index in [9.17, 15) is 39.0 Å². The number of H-pyrrole nitrogens is 2. The van der Waals surface area contributed by atoms with Gasteiger partial charge >= 0.3 is 17.9 Å². The van der Waals surface area contributed by atoms with Gasteiger partial charge in [0.2, 0.25) is 17.7 Å². The van der Waals surface area contributed by atoms with Crippen LogP contribution in [0.2, 0.25) is 0 Å². The first-order chi connectivity index (χ1) is 22.4. The van der Waals surface area contributed by atoms with Crippen LogP contribution in [0.25, 0.3) is 21.8 Å². The molecule has 0 aliphatic carbocycles. The zero-order valence-corrected chi connectivity index (χ0v) is 25.2. The Bertz CT molecular complexity index is 1780. The van der Waals surface area contributed by atoms with Crippen molar-refractivity contribution in [1.29, 1.82) is 0 Å². The predicted octanol–water partition coefficient (Wildman–Crippen LogP) is 1.03. The molecule has 4 rings (SSSR count). The van der Waals surface area contributed by atoms with Crippen LogP contribution in [0, 0.1) is 0 Å². The topological polar surface area (TPSA) is 257 Å². The minimum absolute atomic E-state index is 0.0651. The third kappa shape index (κ3) is 9.17. The molecule has 0 bridgehead atoms. The van der Waals surface area contributed by atoms with Crippen LogP contribution >= 0.6 is 0 Å². The molecule has 0 fully saturated rings. The van der Waals surface area contributed by atoms with Gasteiger partial charge in [0.1, 0.15) is 18.1 Å². The highest BCUT2D eigenvalue weighted by Gasteiger charge is 2.32. The number of rotatable bonds is 17. The molecule has 2 heterocycles. The van der Waals surface area contributed by atoms with Crippen molar-refractivity contribution in [3.63, 3.8) is 0 Å². The molecule has 2 aromatic heterocycles. The number of benzene rings is 2. The fourth-order valence-corrected chi connectivity index (χ4v) is 5.22. The van der Waals surface area contributed by atoms with Crippen LogP contribution in [0.3, 0.4) is 0 Å². The number of fused-ring (bicyclic) bond motifs is 2. The van der Waals surface area contributed by atoms with Crippen molar-refractivity contribution in [3.8, 4) is 0 Å². The lowest BCUT2D eigenvalue weighted by molar-refractivity contribution is -0.142. The monoisotopic (exact) mass is 648 g/mol. The van der Waals surface area contributed by atoms with Crippen LogP contribution in [0.1, 0.15) is 36.8 Å². The molecule has 0 aliphatic rings. The van der Waals surface area contributed by atoms with Crippen molar-refractivity contribution in [3.05, 3.63) is 72.1 Å². The SMILES string of the molecule is NC(CCC(=O)O)C(=O)NC(CCC(=O)O)C(=O)NC(Cc1c[nH]c2ccccc12)C(=O)NC(Cc1c[nH]c2ccccc12)C(=O)O. The Hall–Kier alpha value is -5.70. The number of nitrogens with two attached hydrogens (primary N) is 1. The van der Waals surface area contributed by atoms with E-state index in [1.165, 1.54) is 0 Å². The van der Waals surface area contributed by atoms with Crippen LogP contribution < -0.4 is 21.7 Å². The highest BCUT2D eigenvalue weighted by Crippen LogP contribution is 2.21. The summed E-state index contributed by atoms with van der Waals surface area (Å²) in [7, 11) is 0. The summed E-state index contributed by atoms with van der Waals surface area (Å²) < 4.78 is 0. The molecule has 0 aliphatic heterocycles. The Morgan fingerprint density at radius 2 is 1.06 bits per heavy atom. The summed E-state index contributed by atoms with van der Waals surface area (Å²) in [5.74, 6) is -6.33. The van der Waals surface area contributed by atoms with Crippen molar-refractivity contribution in [1.82, 2.24) is 25.9 Å². The van der Waals surface area contributed by atoms with Gasteiger partial charge in [0.05, 0.1) is 6.04 Å². The van der Waals surface area contributed by atoms with Gasteiger partial charge in [0.25, 0.3) is 0 Å². The highest BCUT2D eigenvalue weighted by molar-refractivity contribution is 5.95. The van der Waals surface area contributed by atoms with Crippen molar-refractivity contribution in [2.45, 2.75) is 62.7 Å². The van der Waals surface area contributed by atoms with E-state index < -0.39 is 72.6 Å². The second kappa shape index (κ2) is 15.5. The molecule has 4 atom stereocenters. The number of aliphatic carboxylic acids is 3. The number of hydrogen-bond acceptors (Lipinski definition) is 7. The average molecular weight is 649 g/mol. The third-order valence-corrected chi connectivity index (χ3v) is 7.73. The molecule has 0 saturated carbocycles. The Morgan fingerprint density at radius 3 is 1.60 bits per heavy atom. The minimum atomic E-state index is -1.45. The fourth-order valence-electron chi connectivity index (χ4n) is 5.22. The van der Waals surface area contributed by atoms with E-state index in [1.54, 1.807) is 24.5 Å². The largest absolute Gasteiger partial charge is 0.481 e. The first kappa shape index (κ1) is 34.2. The lowest BCUT2D eigenvalue weighted by atomic mass is 10.0. The zero-order valence-electron chi connectivity index (χ0n) is 25.2. The lowest BCUT2D eigenvalue weighted by Crippen LogP contribution is -2.58. The number of carbonyl (C=O) groups is 6. The molecule has 4 aromatic rings. The molecule has 248 valence electrons. The van der Waals surface area contributed by atoms with Gasteiger partial charge in [-0.15, -0.1) is 0 Å². The maximum absolute atomic E-state index is 13.8. The van der Waals surface area contributed by atoms with E-state index in [2.05, 4.69) is 25.9 Å². The van der Waals surface area contributed by atoms with E-state index in [1.807, 2.05) is 36.4 Å². The minimum Gasteiger partial charge on any atom is -0.481 e. The normalized spacial score (nSPS) is 13.7. The van der Waals surface area contributed by atoms with Gasteiger partial charge in [-0.1, -0.05) is 36.4 Å². The standard InChI is InChI=1S/C32H36N6O9/c33-21(9-11-27(39)40)29(43)36-24(10-12-28(41)42)30(44)37-25(13-17-15-34-22-7-3-1-5-19(17)22)31(45)38-26(32(46)47)14-18-16-35-23-8-4-2-6-20(18)23/h1-8,15-16,21,24-26,34-35H,9-14,33H2,(H,36,43)(H,37,44)(H,38,45)(H,39,40)(H,41,42)(H,46,47). The summed E-state index contributed by atoms with van der Waals surface area (Å²) in [6, 6.07) is 9.05. The molecular formula is C32H36N6O9. The number of carboxylic acids is 3. The number of hydrogen-bond donors (Lipinski definition) is 9. The maximum atomic E-state index is 13.8. The number of aromatic amines is 2. The summed E-state index contributed by atoms with van der Waals surface area (Å²) in [5, 5.41) is 37.2. The average Bonchev–Trinajstić information content (AvgIpc) is 3.64. The molecular weight excluding hydrogens is 612 g/mol. The number of carboxylic acid groups (broad SMARTS) is 3. The summed E-state index contributed by atoms with van der Waals surface area (Å²) in [5.41, 5.74) is 8.62. The lowest BCUT2D eigenvalue weighted by Gasteiger charge is -2.25. The molecule has 15 heteroatoms. The molecule has 47 heavy (non-hydrogen) atoms. The number of amides is 3. The van der Waals surface area contributed by atoms with Gasteiger partial charge in [0.15, 0.2) is 0 Å². The van der Waals surface area contributed by atoms with E-state index >= 15 is 0 Å². The third-order valence-electron chi connectivity index (χ3n) is 7.73. The Kier molecular flexibility index (Phi) is 11.3. The Morgan fingerprint density at radius 1 is 0.617 bits per heavy atom.